The molecular weight excluding hydrogens is 490 g/mol. The summed E-state index contributed by atoms with van der Waals surface area (Å²) >= 11 is 0. The first-order valence-corrected chi connectivity index (χ1v) is 13.2. The van der Waals surface area contributed by atoms with E-state index >= 15 is 0 Å². The number of allylic oxidation sites excluding steroid dienone is 1. The van der Waals surface area contributed by atoms with E-state index in [0.29, 0.717) is 40.2 Å². The van der Waals surface area contributed by atoms with Gasteiger partial charge in [-0.15, -0.1) is 4.91 Å². The van der Waals surface area contributed by atoms with Crippen molar-refractivity contribution in [2.24, 2.45) is 17.0 Å². The molecule has 0 amide bonds. The number of ether oxygens (including phenoxy) is 2. The number of phenolic OH excluding ortho intramolecular Hbond substituents is 1. The van der Waals surface area contributed by atoms with Crippen LogP contribution in [0.5, 0.6) is 5.75 Å². The Labute approximate surface area is 231 Å². The standard InChI is InChI=1S/C32H37N3O4/c1-21(2)19-34(20-22(3)4)25-17-26(33-37)28(27(36)18-25)29-31(38-5)30(32(29)39-6)35(23-13-9-7-10-14-23)24-15-11-8-12-16-24/h7-18,21-22,36H,19-20H2,1-6H3. The lowest BCUT2D eigenvalue weighted by molar-refractivity contribution is 0.256. The maximum absolute atomic E-state index is 12.2. The molecule has 0 unspecified atom stereocenters. The highest BCUT2D eigenvalue weighted by atomic mass is 16.5. The third-order valence-electron chi connectivity index (χ3n) is 6.51. The van der Waals surface area contributed by atoms with Crippen molar-refractivity contribution in [1.29, 1.82) is 0 Å². The fourth-order valence-electron chi connectivity index (χ4n) is 5.04. The van der Waals surface area contributed by atoms with E-state index in [9.17, 15) is 10.0 Å². The number of phenols is 1. The summed E-state index contributed by atoms with van der Waals surface area (Å²) in [5.41, 5.74) is 4.19. The lowest BCUT2D eigenvalue weighted by Crippen LogP contribution is -2.31. The topological polar surface area (TPSA) is 74.6 Å². The Hall–Kier alpha value is -4.26. The van der Waals surface area contributed by atoms with Crippen LogP contribution in [0.25, 0.3) is 5.57 Å². The van der Waals surface area contributed by atoms with E-state index < -0.39 is 0 Å². The van der Waals surface area contributed by atoms with Crippen molar-refractivity contribution >= 4 is 28.3 Å². The number of hydrogen-bond donors (Lipinski definition) is 1. The minimum absolute atomic E-state index is 0.0521. The molecule has 7 heteroatoms. The molecule has 1 aliphatic carbocycles. The molecule has 3 aromatic carbocycles. The molecule has 0 heterocycles. The van der Waals surface area contributed by atoms with Gasteiger partial charge in [-0.3, -0.25) is 0 Å². The van der Waals surface area contributed by atoms with Crippen LogP contribution in [0.3, 0.4) is 0 Å². The highest BCUT2D eigenvalue weighted by Crippen LogP contribution is 2.52. The van der Waals surface area contributed by atoms with Crippen LogP contribution < -0.4 is 9.80 Å². The monoisotopic (exact) mass is 527 g/mol. The second-order valence-corrected chi connectivity index (χ2v) is 10.4. The smallest absolute Gasteiger partial charge is 0.158 e. The summed E-state index contributed by atoms with van der Waals surface area (Å²) in [5.74, 6) is 1.74. The number of para-hydroxylation sites is 2. The Morgan fingerprint density at radius 2 is 1.28 bits per heavy atom. The van der Waals surface area contributed by atoms with Gasteiger partial charge in [0, 0.05) is 36.2 Å². The number of methoxy groups -OCH3 is 2. The van der Waals surface area contributed by atoms with Gasteiger partial charge in [-0.2, -0.15) is 0 Å². The highest BCUT2D eigenvalue weighted by molar-refractivity contribution is 5.99. The predicted molar refractivity (Wildman–Crippen MR) is 158 cm³/mol. The number of aromatic hydroxyl groups is 1. The molecule has 1 aliphatic rings. The van der Waals surface area contributed by atoms with Crippen molar-refractivity contribution in [2.75, 3.05) is 37.1 Å². The molecule has 0 fully saturated rings. The average molecular weight is 528 g/mol. The maximum Gasteiger partial charge on any atom is 0.158 e. The Morgan fingerprint density at radius 1 is 0.769 bits per heavy atom. The molecule has 4 rings (SSSR count). The second-order valence-electron chi connectivity index (χ2n) is 10.4. The van der Waals surface area contributed by atoms with E-state index in [1.54, 1.807) is 26.4 Å². The Balaban J connectivity index is 1.86. The molecule has 0 spiro atoms. The number of nitroso groups, excluding NO2 is 1. The van der Waals surface area contributed by atoms with Crippen molar-refractivity contribution in [1.82, 2.24) is 0 Å². The molecule has 204 valence electrons. The van der Waals surface area contributed by atoms with E-state index in [1.165, 1.54) is 0 Å². The average Bonchev–Trinajstić information content (AvgIpc) is 2.91. The first-order valence-electron chi connectivity index (χ1n) is 13.2. The first kappa shape index (κ1) is 27.8. The Morgan fingerprint density at radius 3 is 1.72 bits per heavy atom. The molecular formula is C32H37N3O4. The third-order valence-corrected chi connectivity index (χ3v) is 6.51. The number of nitrogens with zero attached hydrogens (tertiary/aromatic N) is 3. The minimum atomic E-state index is -0.0521. The summed E-state index contributed by atoms with van der Waals surface area (Å²) in [6, 6.07) is 23.2. The van der Waals surface area contributed by atoms with Gasteiger partial charge in [0.2, 0.25) is 0 Å². The van der Waals surface area contributed by atoms with E-state index in [0.717, 1.165) is 30.2 Å². The lowest BCUT2D eigenvalue weighted by atomic mass is 9.88. The Kier molecular flexibility index (Phi) is 8.59. The van der Waals surface area contributed by atoms with Gasteiger partial charge in [0.1, 0.15) is 17.1 Å². The van der Waals surface area contributed by atoms with Gasteiger partial charge in [0.05, 0.1) is 25.4 Å². The van der Waals surface area contributed by atoms with E-state index in [1.807, 2.05) is 65.6 Å². The normalized spacial score (nSPS) is 13.0. The van der Waals surface area contributed by atoms with Crippen LogP contribution in [-0.4, -0.2) is 32.4 Å². The molecule has 0 saturated heterocycles. The zero-order valence-electron chi connectivity index (χ0n) is 23.5. The molecule has 39 heavy (non-hydrogen) atoms. The van der Waals surface area contributed by atoms with Crippen molar-refractivity contribution in [3.05, 3.63) is 100 Å². The van der Waals surface area contributed by atoms with Crippen molar-refractivity contribution < 1.29 is 14.6 Å². The van der Waals surface area contributed by atoms with Crippen molar-refractivity contribution in [2.45, 2.75) is 27.7 Å². The van der Waals surface area contributed by atoms with E-state index in [4.69, 9.17) is 9.47 Å². The van der Waals surface area contributed by atoms with Gasteiger partial charge in [0.25, 0.3) is 0 Å². The molecule has 0 aliphatic heterocycles. The molecule has 1 N–H and O–H groups in total. The highest BCUT2D eigenvalue weighted by Gasteiger charge is 2.40. The van der Waals surface area contributed by atoms with Gasteiger partial charge < -0.3 is 24.4 Å². The SMILES string of the molecule is COC1=C(c2c(O)cc(N(CC(C)C)CC(C)C)cc2N=O)C(OC)=C1N(c1ccccc1)c1ccccc1. The second kappa shape index (κ2) is 12.1. The summed E-state index contributed by atoms with van der Waals surface area (Å²) in [6.45, 7) is 10.2. The fourth-order valence-corrected chi connectivity index (χ4v) is 5.04. The van der Waals surface area contributed by atoms with E-state index in [2.05, 4.69) is 37.8 Å². The molecule has 3 aromatic rings. The maximum atomic E-state index is 12.2. The molecule has 0 saturated carbocycles. The lowest BCUT2D eigenvalue weighted by Gasteiger charge is -2.37. The van der Waals surface area contributed by atoms with E-state index in [-0.39, 0.29) is 11.4 Å². The summed E-state index contributed by atoms with van der Waals surface area (Å²) in [6.07, 6.45) is 0. The number of benzene rings is 3. The quantitative estimate of drug-likeness (QED) is 0.241. The molecule has 0 aromatic heterocycles. The van der Waals surface area contributed by atoms with Crippen LogP contribution in [-0.2, 0) is 9.47 Å². The summed E-state index contributed by atoms with van der Waals surface area (Å²) < 4.78 is 11.8. The first-order chi connectivity index (χ1) is 18.8. The van der Waals surface area contributed by atoms with Crippen LogP contribution in [0, 0.1) is 16.7 Å². The van der Waals surface area contributed by atoms with Gasteiger partial charge in [-0.05, 0) is 47.3 Å². The largest absolute Gasteiger partial charge is 0.507 e. The zero-order chi connectivity index (χ0) is 28.1. The number of rotatable bonds is 12. The third kappa shape index (κ3) is 5.62. The van der Waals surface area contributed by atoms with Crippen LogP contribution in [0.4, 0.5) is 22.7 Å². The van der Waals surface area contributed by atoms with Gasteiger partial charge in [-0.25, -0.2) is 0 Å². The summed E-state index contributed by atoms with van der Waals surface area (Å²) in [4.78, 5) is 16.4. The van der Waals surface area contributed by atoms with Crippen molar-refractivity contribution in [3.63, 3.8) is 0 Å². The van der Waals surface area contributed by atoms with Gasteiger partial charge >= 0.3 is 0 Å². The van der Waals surface area contributed by atoms with Gasteiger partial charge in [-0.1, -0.05) is 64.1 Å². The van der Waals surface area contributed by atoms with Crippen LogP contribution in [0.1, 0.15) is 33.3 Å². The fraction of sp³-hybridized carbons (Fsp3) is 0.312. The van der Waals surface area contributed by atoms with Crippen LogP contribution in [0.15, 0.2) is 95.2 Å². The predicted octanol–water partition coefficient (Wildman–Crippen LogP) is 7.98. The van der Waals surface area contributed by atoms with Crippen LogP contribution >= 0.6 is 0 Å². The van der Waals surface area contributed by atoms with Gasteiger partial charge in [0.15, 0.2) is 11.5 Å². The number of anilines is 3. The molecule has 0 atom stereocenters. The summed E-state index contributed by atoms with van der Waals surface area (Å²) in [5, 5.41) is 14.7. The zero-order valence-corrected chi connectivity index (χ0v) is 23.5. The minimum Gasteiger partial charge on any atom is -0.507 e. The summed E-state index contributed by atoms with van der Waals surface area (Å²) in [7, 11) is 3.14. The molecule has 0 radical (unpaired) electrons. The molecule has 0 bridgehead atoms. The van der Waals surface area contributed by atoms with Crippen LogP contribution in [0.2, 0.25) is 0 Å². The Bertz CT molecular complexity index is 1320. The van der Waals surface area contributed by atoms with Crippen molar-refractivity contribution in [3.8, 4) is 5.75 Å². The number of hydrogen-bond acceptors (Lipinski definition) is 7. The molecule has 7 nitrogen and oxygen atoms in total.